The Morgan fingerprint density at radius 2 is 1.67 bits per heavy atom. The third-order valence-corrected chi connectivity index (χ3v) is 4.73. The predicted molar refractivity (Wildman–Crippen MR) is 109 cm³/mol. The van der Waals surface area contributed by atoms with Gasteiger partial charge in [-0.25, -0.2) is 4.79 Å². The Labute approximate surface area is 160 Å². The Kier molecular flexibility index (Phi) is 5.64. The number of benzene rings is 2. The van der Waals surface area contributed by atoms with Crippen molar-refractivity contribution >= 4 is 29.0 Å². The molecule has 0 unspecified atom stereocenters. The number of nitrogens with one attached hydrogen (secondary N) is 2. The molecule has 0 radical (unpaired) electrons. The number of piperazine rings is 1. The van der Waals surface area contributed by atoms with E-state index in [-0.39, 0.29) is 11.9 Å². The highest BCUT2D eigenvalue weighted by Gasteiger charge is 2.22. The Balaban J connectivity index is 1.59. The molecule has 6 nitrogen and oxygen atoms in total. The second-order valence-corrected chi connectivity index (χ2v) is 6.95. The van der Waals surface area contributed by atoms with Gasteiger partial charge < -0.3 is 20.4 Å². The Bertz CT molecular complexity index is 842. The fourth-order valence-electron chi connectivity index (χ4n) is 3.22. The van der Waals surface area contributed by atoms with Gasteiger partial charge in [0.25, 0.3) is 0 Å². The molecular weight excluding hydrogens is 340 g/mol. The molecule has 1 fully saturated rings. The van der Waals surface area contributed by atoms with Crippen LogP contribution in [0.4, 0.5) is 21.9 Å². The highest BCUT2D eigenvalue weighted by molar-refractivity contribution is 5.90. The SMILES string of the molecule is CC(=O)Nc1cccc(N2CCN(C(=O)Nc3cc(C)ccc3C)CC2)c1. The van der Waals surface area contributed by atoms with Crippen molar-refractivity contribution in [2.75, 3.05) is 41.7 Å². The van der Waals surface area contributed by atoms with Crippen LogP contribution in [-0.2, 0) is 4.79 Å². The molecule has 3 amide bonds. The molecule has 1 heterocycles. The van der Waals surface area contributed by atoms with E-state index in [9.17, 15) is 9.59 Å². The summed E-state index contributed by atoms with van der Waals surface area (Å²) < 4.78 is 0. The molecule has 1 aliphatic rings. The first-order valence-corrected chi connectivity index (χ1v) is 9.18. The van der Waals surface area contributed by atoms with Gasteiger partial charge in [-0.3, -0.25) is 4.79 Å². The molecule has 2 aromatic rings. The number of amides is 3. The van der Waals surface area contributed by atoms with E-state index in [4.69, 9.17) is 0 Å². The molecule has 1 saturated heterocycles. The summed E-state index contributed by atoms with van der Waals surface area (Å²) in [5, 5.41) is 5.84. The van der Waals surface area contributed by atoms with Crippen LogP contribution in [0.25, 0.3) is 0 Å². The maximum atomic E-state index is 12.6. The lowest BCUT2D eigenvalue weighted by molar-refractivity contribution is -0.114. The van der Waals surface area contributed by atoms with Crippen molar-refractivity contribution in [3.05, 3.63) is 53.6 Å². The normalized spacial score (nSPS) is 14.0. The Morgan fingerprint density at radius 3 is 2.37 bits per heavy atom. The Hall–Kier alpha value is -3.02. The summed E-state index contributed by atoms with van der Waals surface area (Å²) in [4.78, 5) is 27.9. The number of aryl methyl sites for hydroxylation is 2. The van der Waals surface area contributed by atoms with Crippen LogP contribution < -0.4 is 15.5 Å². The molecule has 1 aliphatic heterocycles. The zero-order chi connectivity index (χ0) is 19.4. The van der Waals surface area contributed by atoms with E-state index in [1.165, 1.54) is 6.92 Å². The second-order valence-electron chi connectivity index (χ2n) is 6.95. The van der Waals surface area contributed by atoms with Gasteiger partial charge in [-0.05, 0) is 49.2 Å². The molecule has 2 aromatic carbocycles. The van der Waals surface area contributed by atoms with E-state index in [0.29, 0.717) is 13.1 Å². The number of nitrogens with zero attached hydrogens (tertiary/aromatic N) is 2. The standard InChI is InChI=1S/C21H26N4O2/c1-15-7-8-16(2)20(13-15)23-21(27)25-11-9-24(10-12-25)19-6-4-5-18(14-19)22-17(3)26/h4-8,13-14H,9-12H2,1-3H3,(H,22,26)(H,23,27). The fourth-order valence-corrected chi connectivity index (χ4v) is 3.22. The number of anilines is 3. The van der Waals surface area contributed by atoms with Crippen molar-refractivity contribution in [3.8, 4) is 0 Å². The molecule has 0 aliphatic carbocycles. The van der Waals surface area contributed by atoms with E-state index >= 15 is 0 Å². The number of hydrogen-bond acceptors (Lipinski definition) is 3. The number of carbonyl (C=O) groups excluding carboxylic acids is 2. The summed E-state index contributed by atoms with van der Waals surface area (Å²) >= 11 is 0. The van der Waals surface area contributed by atoms with Gasteiger partial charge in [-0.2, -0.15) is 0 Å². The van der Waals surface area contributed by atoms with E-state index in [1.54, 1.807) is 0 Å². The van der Waals surface area contributed by atoms with E-state index in [0.717, 1.165) is 41.3 Å². The van der Waals surface area contributed by atoms with Crippen molar-refractivity contribution in [2.45, 2.75) is 20.8 Å². The van der Waals surface area contributed by atoms with Crippen LogP contribution in [0.5, 0.6) is 0 Å². The van der Waals surface area contributed by atoms with Crippen molar-refractivity contribution in [1.29, 1.82) is 0 Å². The molecule has 6 heteroatoms. The summed E-state index contributed by atoms with van der Waals surface area (Å²) in [5.74, 6) is -0.0833. The smallest absolute Gasteiger partial charge is 0.321 e. The lowest BCUT2D eigenvalue weighted by Crippen LogP contribution is -2.50. The molecule has 0 bridgehead atoms. The molecule has 2 N–H and O–H groups in total. The van der Waals surface area contributed by atoms with Crippen LogP contribution in [0.2, 0.25) is 0 Å². The van der Waals surface area contributed by atoms with Crippen molar-refractivity contribution < 1.29 is 9.59 Å². The maximum absolute atomic E-state index is 12.6. The molecule has 3 rings (SSSR count). The predicted octanol–water partition coefficient (Wildman–Crippen LogP) is 3.62. The molecule has 0 aromatic heterocycles. The zero-order valence-electron chi connectivity index (χ0n) is 16.1. The minimum absolute atomic E-state index is 0.0599. The van der Waals surface area contributed by atoms with E-state index in [1.807, 2.05) is 61.2 Å². The van der Waals surface area contributed by atoms with E-state index in [2.05, 4.69) is 15.5 Å². The van der Waals surface area contributed by atoms with Gasteiger partial charge in [0.15, 0.2) is 0 Å². The number of hydrogen-bond donors (Lipinski definition) is 2. The van der Waals surface area contributed by atoms with Gasteiger partial charge in [0.05, 0.1) is 0 Å². The number of urea groups is 1. The van der Waals surface area contributed by atoms with Gasteiger partial charge in [-0.15, -0.1) is 0 Å². The molecule has 27 heavy (non-hydrogen) atoms. The molecule has 0 saturated carbocycles. The average molecular weight is 366 g/mol. The quantitative estimate of drug-likeness (QED) is 0.872. The molecular formula is C21H26N4O2. The fraction of sp³-hybridized carbons (Fsp3) is 0.333. The first kappa shape index (κ1) is 18.8. The zero-order valence-corrected chi connectivity index (χ0v) is 16.1. The summed E-state index contributed by atoms with van der Waals surface area (Å²) in [5.41, 5.74) is 4.89. The van der Waals surface area contributed by atoms with Gasteiger partial charge in [0, 0.05) is 50.2 Å². The minimum atomic E-state index is -0.0833. The van der Waals surface area contributed by atoms with Crippen LogP contribution in [0.3, 0.4) is 0 Å². The summed E-state index contributed by atoms with van der Waals surface area (Å²) in [6.07, 6.45) is 0. The monoisotopic (exact) mass is 366 g/mol. The first-order chi connectivity index (χ1) is 12.9. The molecule has 142 valence electrons. The first-order valence-electron chi connectivity index (χ1n) is 9.18. The van der Waals surface area contributed by atoms with Crippen molar-refractivity contribution in [2.24, 2.45) is 0 Å². The van der Waals surface area contributed by atoms with Crippen LogP contribution >= 0.6 is 0 Å². The number of carbonyl (C=O) groups is 2. The minimum Gasteiger partial charge on any atom is -0.368 e. The van der Waals surface area contributed by atoms with Gasteiger partial charge in [0.2, 0.25) is 5.91 Å². The highest BCUT2D eigenvalue weighted by atomic mass is 16.2. The molecule has 0 spiro atoms. The topological polar surface area (TPSA) is 64.7 Å². The third-order valence-electron chi connectivity index (χ3n) is 4.73. The highest BCUT2D eigenvalue weighted by Crippen LogP contribution is 2.22. The molecule has 0 atom stereocenters. The number of rotatable bonds is 3. The largest absolute Gasteiger partial charge is 0.368 e. The van der Waals surface area contributed by atoms with Crippen molar-refractivity contribution in [3.63, 3.8) is 0 Å². The van der Waals surface area contributed by atoms with Gasteiger partial charge in [0.1, 0.15) is 0 Å². The lowest BCUT2D eigenvalue weighted by Gasteiger charge is -2.36. The third kappa shape index (κ3) is 4.78. The van der Waals surface area contributed by atoms with Crippen LogP contribution in [-0.4, -0.2) is 43.0 Å². The summed E-state index contributed by atoms with van der Waals surface area (Å²) in [6.45, 7) is 8.33. The van der Waals surface area contributed by atoms with Crippen molar-refractivity contribution in [1.82, 2.24) is 4.90 Å². The lowest BCUT2D eigenvalue weighted by atomic mass is 10.1. The van der Waals surface area contributed by atoms with Gasteiger partial charge >= 0.3 is 6.03 Å². The maximum Gasteiger partial charge on any atom is 0.321 e. The van der Waals surface area contributed by atoms with Crippen LogP contribution in [0.1, 0.15) is 18.1 Å². The van der Waals surface area contributed by atoms with Crippen LogP contribution in [0, 0.1) is 13.8 Å². The Morgan fingerprint density at radius 1 is 0.926 bits per heavy atom. The summed E-state index contributed by atoms with van der Waals surface area (Å²) in [7, 11) is 0. The average Bonchev–Trinajstić information content (AvgIpc) is 2.64. The summed E-state index contributed by atoms with van der Waals surface area (Å²) in [6, 6.07) is 13.8. The second kappa shape index (κ2) is 8.12. The van der Waals surface area contributed by atoms with Gasteiger partial charge in [-0.1, -0.05) is 18.2 Å². The van der Waals surface area contributed by atoms with E-state index < -0.39 is 0 Å². The van der Waals surface area contributed by atoms with Crippen LogP contribution in [0.15, 0.2) is 42.5 Å².